The first kappa shape index (κ1) is 10.6. The van der Waals surface area contributed by atoms with Gasteiger partial charge in [0.2, 0.25) is 0 Å². The van der Waals surface area contributed by atoms with Crippen molar-refractivity contribution in [2.45, 2.75) is 51.9 Å². The van der Waals surface area contributed by atoms with Gasteiger partial charge in [0.15, 0.2) is 0 Å². The molecule has 0 spiro atoms. The molecule has 0 aromatic heterocycles. The quantitative estimate of drug-likeness (QED) is 0.617. The molecular formula is C11H20O2. The van der Waals surface area contributed by atoms with E-state index in [1.165, 1.54) is 32.1 Å². The Labute approximate surface area is 80.3 Å². The van der Waals surface area contributed by atoms with Gasteiger partial charge in [0.1, 0.15) is 0 Å². The summed E-state index contributed by atoms with van der Waals surface area (Å²) in [5.41, 5.74) is 0. The maximum Gasteiger partial charge on any atom is 0.306 e. The van der Waals surface area contributed by atoms with Crippen molar-refractivity contribution < 1.29 is 9.90 Å². The standard InChI is InChI=1S/C11H20O2/c1-2-3-4-5-6-7-9-8-10(9)11(12)13/h9-10H,2-8H2,1H3,(H,12,13)/t9-,10+/m0/s1. The summed E-state index contributed by atoms with van der Waals surface area (Å²) in [7, 11) is 0. The topological polar surface area (TPSA) is 37.3 Å². The molecule has 1 fully saturated rings. The van der Waals surface area contributed by atoms with Gasteiger partial charge in [-0.2, -0.15) is 0 Å². The first-order valence-electron chi connectivity index (χ1n) is 5.48. The maximum atomic E-state index is 10.5. The highest BCUT2D eigenvalue weighted by Gasteiger charge is 2.42. The van der Waals surface area contributed by atoms with Crippen molar-refractivity contribution in [3.8, 4) is 0 Å². The largest absolute Gasteiger partial charge is 0.481 e. The lowest BCUT2D eigenvalue weighted by molar-refractivity contribution is -0.138. The highest BCUT2D eigenvalue weighted by atomic mass is 16.4. The lowest BCUT2D eigenvalue weighted by atomic mass is 10.1. The Morgan fingerprint density at radius 2 is 2.00 bits per heavy atom. The number of hydrogen-bond donors (Lipinski definition) is 1. The van der Waals surface area contributed by atoms with Crippen LogP contribution in [0.3, 0.4) is 0 Å². The van der Waals surface area contributed by atoms with Crippen LogP contribution in [0.5, 0.6) is 0 Å². The number of hydrogen-bond acceptors (Lipinski definition) is 1. The van der Waals surface area contributed by atoms with Crippen LogP contribution in [-0.4, -0.2) is 11.1 Å². The fraction of sp³-hybridized carbons (Fsp3) is 0.909. The summed E-state index contributed by atoms with van der Waals surface area (Å²) >= 11 is 0. The molecule has 1 aliphatic carbocycles. The number of carboxylic acid groups (broad SMARTS) is 1. The van der Waals surface area contributed by atoms with Crippen molar-refractivity contribution in [1.29, 1.82) is 0 Å². The molecule has 1 N–H and O–H groups in total. The van der Waals surface area contributed by atoms with E-state index in [4.69, 9.17) is 5.11 Å². The van der Waals surface area contributed by atoms with Crippen molar-refractivity contribution in [3.63, 3.8) is 0 Å². The molecule has 0 saturated heterocycles. The lowest BCUT2D eigenvalue weighted by Crippen LogP contribution is -1.99. The highest BCUT2D eigenvalue weighted by Crippen LogP contribution is 2.42. The number of carbonyl (C=O) groups is 1. The predicted molar refractivity (Wildman–Crippen MR) is 52.6 cm³/mol. The van der Waals surface area contributed by atoms with Gasteiger partial charge in [0.25, 0.3) is 0 Å². The van der Waals surface area contributed by atoms with Crippen LogP contribution in [0.2, 0.25) is 0 Å². The molecule has 2 nitrogen and oxygen atoms in total. The monoisotopic (exact) mass is 184 g/mol. The molecule has 2 atom stereocenters. The van der Waals surface area contributed by atoms with E-state index in [0.717, 1.165) is 12.8 Å². The number of unbranched alkanes of at least 4 members (excludes halogenated alkanes) is 4. The first-order valence-corrected chi connectivity index (χ1v) is 5.48. The molecule has 76 valence electrons. The maximum absolute atomic E-state index is 10.5. The minimum absolute atomic E-state index is 0.00572. The average Bonchev–Trinajstić information content (AvgIpc) is 2.83. The number of rotatable bonds is 7. The second-order valence-electron chi connectivity index (χ2n) is 4.14. The van der Waals surface area contributed by atoms with Gasteiger partial charge in [0.05, 0.1) is 5.92 Å². The van der Waals surface area contributed by atoms with Gasteiger partial charge in [-0.05, 0) is 18.8 Å². The molecule has 0 aromatic rings. The molecular weight excluding hydrogens is 164 g/mol. The minimum Gasteiger partial charge on any atom is -0.481 e. The highest BCUT2D eigenvalue weighted by molar-refractivity contribution is 5.73. The summed E-state index contributed by atoms with van der Waals surface area (Å²) in [5.74, 6) is -0.0659. The number of aliphatic carboxylic acids is 1. The molecule has 0 unspecified atom stereocenters. The zero-order chi connectivity index (χ0) is 9.68. The third-order valence-corrected chi connectivity index (χ3v) is 2.92. The molecule has 0 aliphatic heterocycles. The third kappa shape index (κ3) is 3.79. The van der Waals surface area contributed by atoms with E-state index in [0.29, 0.717) is 5.92 Å². The summed E-state index contributed by atoms with van der Waals surface area (Å²) in [6.45, 7) is 2.21. The van der Waals surface area contributed by atoms with Crippen molar-refractivity contribution in [2.24, 2.45) is 11.8 Å². The van der Waals surface area contributed by atoms with Gasteiger partial charge in [-0.3, -0.25) is 4.79 Å². The Hall–Kier alpha value is -0.530. The summed E-state index contributed by atoms with van der Waals surface area (Å²) in [5, 5.41) is 8.66. The Bertz CT molecular complexity index is 165. The van der Waals surface area contributed by atoms with Crippen molar-refractivity contribution in [1.82, 2.24) is 0 Å². The van der Waals surface area contributed by atoms with Gasteiger partial charge < -0.3 is 5.11 Å². The van der Waals surface area contributed by atoms with Crippen molar-refractivity contribution >= 4 is 5.97 Å². The van der Waals surface area contributed by atoms with Crippen LogP contribution in [0.25, 0.3) is 0 Å². The molecule has 1 rings (SSSR count). The molecule has 0 amide bonds. The van der Waals surface area contributed by atoms with Crippen LogP contribution in [-0.2, 0) is 4.79 Å². The van der Waals surface area contributed by atoms with Crippen LogP contribution in [0.4, 0.5) is 0 Å². The van der Waals surface area contributed by atoms with Crippen LogP contribution in [0, 0.1) is 11.8 Å². The number of carboxylic acids is 1. The van der Waals surface area contributed by atoms with Gasteiger partial charge in [0, 0.05) is 0 Å². The first-order chi connectivity index (χ1) is 6.25. The SMILES string of the molecule is CCCCCCC[C@H]1C[C@H]1C(=O)O. The lowest BCUT2D eigenvalue weighted by Gasteiger charge is -1.98. The normalized spacial score (nSPS) is 25.9. The second-order valence-corrected chi connectivity index (χ2v) is 4.14. The Kier molecular flexibility index (Phi) is 4.26. The molecule has 0 aromatic carbocycles. The summed E-state index contributed by atoms with van der Waals surface area (Å²) in [6, 6.07) is 0. The van der Waals surface area contributed by atoms with Gasteiger partial charge in [-0.1, -0.05) is 39.0 Å². The molecule has 0 bridgehead atoms. The van der Waals surface area contributed by atoms with E-state index in [1.54, 1.807) is 0 Å². The molecule has 1 aliphatic rings. The van der Waals surface area contributed by atoms with Crippen LogP contribution < -0.4 is 0 Å². The van der Waals surface area contributed by atoms with Gasteiger partial charge in [-0.25, -0.2) is 0 Å². The summed E-state index contributed by atoms with van der Waals surface area (Å²) in [6.07, 6.45) is 8.52. The fourth-order valence-electron chi connectivity index (χ4n) is 1.88. The van der Waals surface area contributed by atoms with Gasteiger partial charge in [-0.15, -0.1) is 0 Å². The fourth-order valence-corrected chi connectivity index (χ4v) is 1.88. The van der Waals surface area contributed by atoms with E-state index in [-0.39, 0.29) is 5.92 Å². The van der Waals surface area contributed by atoms with Crippen LogP contribution >= 0.6 is 0 Å². The molecule has 2 heteroatoms. The zero-order valence-corrected chi connectivity index (χ0v) is 8.46. The van der Waals surface area contributed by atoms with E-state index >= 15 is 0 Å². The van der Waals surface area contributed by atoms with E-state index < -0.39 is 5.97 Å². The Morgan fingerprint density at radius 1 is 1.31 bits per heavy atom. The Balaban J connectivity index is 1.88. The van der Waals surface area contributed by atoms with E-state index in [2.05, 4.69) is 6.92 Å². The summed E-state index contributed by atoms with van der Waals surface area (Å²) in [4.78, 5) is 10.5. The third-order valence-electron chi connectivity index (χ3n) is 2.92. The van der Waals surface area contributed by atoms with E-state index in [1.807, 2.05) is 0 Å². The van der Waals surface area contributed by atoms with E-state index in [9.17, 15) is 4.79 Å². The van der Waals surface area contributed by atoms with Crippen molar-refractivity contribution in [3.05, 3.63) is 0 Å². The van der Waals surface area contributed by atoms with Crippen molar-refractivity contribution in [2.75, 3.05) is 0 Å². The molecule has 13 heavy (non-hydrogen) atoms. The second kappa shape index (κ2) is 5.25. The predicted octanol–water partition coefficient (Wildman–Crippen LogP) is 3.07. The minimum atomic E-state index is -0.585. The smallest absolute Gasteiger partial charge is 0.306 e. The molecule has 0 heterocycles. The molecule has 0 radical (unpaired) electrons. The van der Waals surface area contributed by atoms with Gasteiger partial charge >= 0.3 is 5.97 Å². The average molecular weight is 184 g/mol. The summed E-state index contributed by atoms with van der Waals surface area (Å²) < 4.78 is 0. The Morgan fingerprint density at radius 3 is 2.54 bits per heavy atom. The van der Waals surface area contributed by atoms with Crippen LogP contribution in [0.1, 0.15) is 51.9 Å². The zero-order valence-electron chi connectivity index (χ0n) is 8.46. The molecule has 1 saturated carbocycles. The van der Waals surface area contributed by atoms with Crippen LogP contribution in [0.15, 0.2) is 0 Å².